The normalized spacial score (nSPS) is 20.6. The first kappa shape index (κ1) is 11.9. The second-order valence-electron chi connectivity index (χ2n) is 4.00. The molecule has 0 radical (unpaired) electrons. The molecule has 1 aliphatic heterocycles. The van der Waals surface area contributed by atoms with Crippen LogP contribution in [0.2, 0.25) is 0 Å². The van der Waals surface area contributed by atoms with E-state index in [1.807, 2.05) is 19.1 Å². The fourth-order valence-electron chi connectivity index (χ4n) is 1.86. The highest BCUT2D eigenvalue weighted by Crippen LogP contribution is 2.27. The number of rotatable bonds is 2. The molecule has 1 unspecified atom stereocenters. The van der Waals surface area contributed by atoms with Gasteiger partial charge in [0.2, 0.25) is 5.91 Å². The third kappa shape index (κ3) is 2.23. The summed E-state index contributed by atoms with van der Waals surface area (Å²) in [7, 11) is 0. The Morgan fingerprint density at radius 3 is 3.00 bits per heavy atom. The number of aryl methyl sites for hydroxylation is 1. The van der Waals surface area contributed by atoms with E-state index in [0.29, 0.717) is 18.8 Å². The van der Waals surface area contributed by atoms with Crippen molar-refractivity contribution >= 4 is 39.3 Å². The average Bonchev–Trinajstić information content (AvgIpc) is 2.63. The molecule has 1 fully saturated rings. The maximum atomic E-state index is 11.8. The lowest BCUT2D eigenvalue weighted by atomic mass is 10.1. The quantitative estimate of drug-likeness (QED) is 0.622. The zero-order chi connectivity index (χ0) is 11.7. The predicted octanol–water partition coefficient (Wildman–Crippen LogP) is 2.74. The largest absolute Gasteiger partial charge is 0.296 e. The maximum Gasteiger partial charge on any atom is 0.228 e. The summed E-state index contributed by atoms with van der Waals surface area (Å²) in [6.45, 7) is 2.63. The molecule has 1 amide bonds. The highest BCUT2D eigenvalue weighted by atomic mass is 79.9. The van der Waals surface area contributed by atoms with Crippen LogP contribution in [0.5, 0.6) is 0 Å². The number of amides is 1. The topological polar surface area (TPSA) is 33.2 Å². The number of anilines is 1. The van der Waals surface area contributed by atoms with Gasteiger partial charge in [-0.1, -0.05) is 6.07 Å². The third-order valence-electron chi connectivity index (χ3n) is 2.72. The molecule has 0 aliphatic carbocycles. The van der Waals surface area contributed by atoms with Crippen molar-refractivity contribution in [3.05, 3.63) is 22.3 Å². The van der Waals surface area contributed by atoms with E-state index in [0.717, 1.165) is 16.0 Å². The summed E-state index contributed by atoms with van der Waals surface area (Å²) in [5, 5.41) is 0. The van der Waals surface area contributed by atoms with E-state index in [4.69, 9.17) is 11.6 Å². The molecule has 1 aromatic heterocycles. The van der Waals surface area contributed by atoms with E-state index in [1.165, 1.54) is 0 Å². The molecule has 0 N–H and O–H groups in total. The van der Waals surface area contributed by atoms with E-state index < -0.39 is 0 Å². The van der Waals surface area contributed by atoms with Gasteiger partial charge in [-0.05, 0) is 40.4 Å². The number of carbonyl (C=O) groups is 1. The Balaban J connectivity index is 2.30. The Bertz CT molecular complexity index is 424. The molecule has 1 aliphatic rings. The highest BCUT2D eigenvalue weighted by Gasteiger charge is 2.31. The number of carbonyl (C=O) groups excluding carboxylic acids is 1. The van der Waals surface area contributed by atoms with Gasteiger partial charge in [-0.3, -0.25) is 9.69 Å². The van der Waals surface area contributed by atoms with E-state index in [2.05, 4.69) is 20.9 Å². The Morgan fingerprint density at radius 1 is 1.62 bits per heavy atom. The van der Waals surface area contributed by atoms with Crippen LogP contribution in [0, 0.1) is 12.8 Å². The van der Waals surface area contributed by atoms with Crippen molar-refractivity contribution in [2.75, 3.05) is 17.3 Å². The van der Waals surface area contributed by atoms with Gasteiger partial charge in [0.05, 0.1) is 0 Å². The molecule has 1 aromatic rings. The Kier molecular flexibility index (Phi) is 3.50. The summed E-state index contributed by atoms with van der Waals surface area (Å²) in [5.74, 6) is 1.62. The SMILES string of the molecule is Cc1ccc(Br)nc1N1CC(CCl)CC1=O. The molecule has 2 rings (SSSR count). The van der Waals surface area contributed by atoms with E-state index in [1.54, 1.807) is 4.90 Å². The second-order valence-corrected chi connectivity index (χ2v) is 5.12. The lowest BCUT2D eigenvalue weighted by molar-refractivity contribution is -0.117. The molecule has 0 spiro atoms. The van der Waals surface area contributed by atoms with Crippen LogP contribution in [-0.2, 0) is 4.79 Å². The van der Waals surface area contributed by atoms with Gasteiger partial charge >= 0.3 is 0 Å². The minimum absolute atomic E-state index is 0.111. The molecule has 0 bridgehead atoms. The average molecular weight is 304 g/mol. The zero-order valence-corrected chi connectivity index (χ0v) is 11.3. The van der Waals surface area contributed by atoms with Crippen molar-refractivity contribution < 1.29 is 4.79 Å². The smallest absolute Gasteiger partial charge is 0.228 e. The first-order valence-corrected chi connectivity index (χ1v) is 6.44. The standard InChI is InChI=1S/C11H12BrClN2O/c1-7-2-3-9(12)14-11(7)15-6-8(5-13)4-10(15)16/h2-3,8H,4-6H2,1H3. The lowest BCUT2D eigenvalue weighted by Gasteiger charge is -2.17. The lowest BCUT2D eigenvalue weighted by Crippen LogP contribution is -2.26. The fraction of sp³-hybridized carbons (Fsp3) is 0.455. The van der Waals surface area contributed by atoms with Crippen molar-refractivity contribution in [3.8, 4) is 0 Å². The molecule has 16 heavy (non-hydrogen) atoms. The molecule has 0 aromatic carbocycles. The molecule has 3 nitrogen and oxygen atoms in total. The van der Waals surface area contributed by atoms with Gasteiger partial charge in [-0.15, -0.1) is 11.6 Å². The summed E-state index contributed by atoms with van der Waals surface area (Å²) in [5.41, 5.74) is 1.01. The molecular weight excluding hydrogens is 291 g/mol. The number of alkyl halides is 1. The van der Waals surface area contributed by atoms with Crippen LogP contribution >= 0.6 is 27.5 Å². The first-order valence-electron chi connectivity index (χ1n) is 5.11. The van der Waals surface area contributed by atoms with Crippen LogP contribution in [0.3, 0.4) is 0 Å². The Morgan fingerprint density at radius 2 is 2.38 bits per heavy atom. The van der Waals surface area contributed by atoms with Crippen LogP contribution in [0.4, 0.5) is 5.82 Å². The van der Waals surface area contributed by atoms with E-state index >= 15 is 0 Å². The molecule has 0 saturated carbocycles. The Hall–Kier alpha value is -0.610. The van der Waals surface area contributed by atoms with Crippen LogP contribution in [0.1, 0.15) is 12.0 Å². The minimum atomic E-state index is 0.111. The number of pyridine rings is 1. The third-order valence-corrected chi connectivity index (χ3v) is 3.59. The van der Waals surface area contributed by atoms with Crippen molar-refractivity contribution in [2.45, 2.75) is 13.3 Å². The van der Waals surface area contributed by atoms with Crippen LogP contribution in [-0.4, -0.2) is 23.3 Å². The van der Waals surface area contributed by atoms with Gasteiger partial charge < -0.3 is 0 Å². The van der Waals surface area contributed by atoms with E-state index in [9.17, 15) is 4.79 Å². The summed E-state index contributed by atoms with van der Waals surface area (Å²) in [4.78, 5) is 17.9. The van der Waals surface area contributed by atoms with Gasteiger partial charge in [-0.2, -0.15) is 0 Å². The number of hydrogen-bond donors (Lipinski definition) is 0. The molecule has 1 saturated heterocycles. The molecule has 1 atom stereocenters. The fourth-order valence-corrected chi connectivity index (χ4v) is 2.36. The van der Waals surface area contributed by atoms with Gasteiger partial charge in [0.25, 0.3) is 0 Å². The zero-order valence-electron chi connectivity index (χ0n) is 8.91. The number of aromatic nitrogens is 1. The predicted molar refractivity (Wildman–Crippen MR) is 67.9 cm³/mol. The number of nitrogens with zero attached hydrogens (tertiary/aromatic N) is 2. The molecule has 5 heteroatoms. The minimum Gasteiger partial charge on any atom is -0.296 e. The van der Waals surface area contributed by atoms with Crippen molar-refractivity contribution in [1.82, 2.24) is 4.98 Å². The first-order chi connectivity index (χ1) is 7.61. The Labute approximate surface area is 108 Å². The van der Waals surface area contributed by atoms with Crippen molar-refractivity contribution in [1.29, 1.82) is 0 Å². The van der Waals surface area contributed by atoms with Gasteiger partial charge in [0, 0.05) is 18.8 Å². The maximum absolute atomic E-state index is 11.8. The summed E-state index contributed by atoms with van der Waals surface area (Å²) >= 11 is 9.11. The summed E-state index contributed by atoms with van der Waals surface area (Å²) in [6, 6.07) is 3.83. The molecular formula is C11H12BrClN2O. The monoisotopic (exact) mass is 302 g/mol. The van der Waals surface area contributed by atoms with Gasteiger partial charge in [0.1, 0.15) is 10.4 Å². The number of halogens is 2. The van der Waals surface area contributed by atoms with Crippen molar-refractivity contribution in [3.63, 3.8) is 0 Å². The van der Waals surface area contributed by atoms with Crippen LogP contribution in [0.15, 0.2) is 16.7 Å². The van der Waals surface area contributed by atoms with Gasteiger partial charge in [0.15, 0.2) is 0 Å². The molecule has 2 heterocycles. The summed E-state index contributed by atoms with van der Waals surface area (Å²) < 4.78 is 0.746. The van der Waals surface area contributed by atoms with E-state index in [-0.39, 0.29) is 11.8 Å². The second kappa shape index (κ2) is 4.72. The van der Waals surface area contributed by atoms with Crippen LogP contribution < -0.4 is 4.90 Å². The van der Waals surface area contributed by atoms with Crippen LogP contribution in [0.25, 0.3) is 0 Å². The highest BCUT2D eigenvalue weighted by molar-refractivity contribution is 9.10. The summed E-state index contributed by atoms with van der Waals surface area (Å²) in [6.07, 6.45) is 0.525. The number of hydrogen-bond acceptors (Lipinski definition) is 2. The van der Waals surface area contributed by atoms with Crippen molar-refractivity contribution in [2.24, 2.45) is 5.92 Å². The van der Waals surface area contributed by atoms with Gasteiger partial charge in [-0.25, -0.2) is 4.98 Å². The molecule has 86 valence electrons.